The summed E-state index contributed by atoms with van der Waals surface area (Å²) in [5.41, 5.74) is 6.85. The highest BCUT2D eigenvalue weighted by Gasteiger charge is 2.23. The lowest BCUT2D eigenvalue weighted by molar-refractivity contribution is -0.142. The Balaban J connectivity index is 1.96. The highest BCUT2D eigenvalue weighted by Crippen LogP contribution is 2.18. The van der Waals surface area contributed by atoms with Crippen LogP contribution < -0.4 is 11.1 Å². The van der Waals surface area contributed by atoms with Gasteiger partial charge in [0.1, 0.15) is 0 Å². The van der Waals surface area contributed by atoms with Gasteiger partial charge in [-0.3, -0.25) is 14.9 Å². The lowest BCUT2D eigenvalue weighted by Gasteiger charge is -2.15. The largest absolute Gasteiger partial charge is 0.466 e. The summed E-state index contributed by atoms with van der Waals surface area (Å²) in [7, 11) is 0. The Morgan fingerprint density at radius 2 is 2.07 bits per heavy atom. The lowest BCUT2D eigenvalue weighted by atomic mass is 10.2. The SMILES string of the molecule is CCOC(=O)Cc1csc(NC(=O)C(CC)OC(=O)c2cccc(N)c2)n1. The normalized spacial score (nSPS) is 11.5. The highest BCUT2D eigenvalue weighted by molar-refractivity contribution is 7.13. The summed E-state index contributed by atoms with van der Waals surface area (Å²) in [5.74, 6) is -1.51. The van der Waals surface area contributed by atoms with Crippen molar-refractivity contribution in [3.63, 3.8) is 0 Å². The molecule has 0 spiro atoms. The maximum Gasteiger partial charge on any atom is 0.338 e. The number of nitrogens with two attached hydrogens (primary N) is 1. The number of ether oxygens (including phenoxy) is 2. The second-order valence-electron chi connectivity index (χ2n) is 5.54. The number of amides is 1. The van der Waals surface area contributed by atoms with Gasteiger partial charge in [0.25, 0.3) is 5.91 Å². The van der Waals surface area contributed by atoms with Crippen LogP contribution in [0.1, 0.15) is 36.3 Å². The topological polar surface area (TPSA) is 121 Å². The molecular weight excluding hydrogens is 370 g/mol. The van der Waals surface area contributed by atoms with Gasteiger partial charge in [-0.25, -0.2) is 9.78 Å². The van der Waals surface area contributed by atoms with Crippen LogP contribution >= 0.6 is 11.3 Å². The molecule has 1 aromatic heterocycles. The number of thiazole rings is 1. The number of hydrogen-bond acceptors (Lipinski definition) is 8. The molecule has 0 saturated carbocycles. The van der Waals surface area contributed by atoms with Gasteiger partial charge < -0.3 is 15.2 Å². The monoisotopic (exact) mass is 391 g/mol. The summed E-state index contributed by atoms with van der Waals surface area (Å²) >= 11 is 1.18. The molecule has 1 aromatic carbocycles. The molecule has 0 saturated heterocycles. The Labute approximate surface area is 160 Å². The van der Waals surface area contributed by atoms with Gasteiger partial charge >= 0.3 is 11.9 Å². The predicted octanol–water partition coefficient (Wildman–Crippen LogP) is 2.41. The number of nitrogens with one attached hydrogen (secondary N) is 1. The summed E-state index contributed by atoms with van der Waals surface area (Å²) in [5, 5.41) is 4.58. The van der Waals surface area contributed by atoms with Crippen molar-refractivity contribution in [2.75, 3.05) is 17.7 Å². The maximum atomic E-state index is 12.4. The van der Waals surface area contributed by atoms with Crippen molar-refractivity contribution in [2.24, 2.45) is 0 Å². The minimum absolute atomic E-state index is 0.0296. The smallest absolute Gasteiger partial charge is 0.338 e. The number of benzene rings is 1. The average molecular weight is 391 g/mol. The zero-order valence-electron chi connectivity index (χ0n) is 15.1. The molecule has 0 bridgehead atoms. The predicted molar refractivity (Wildman–Crippen MR) is 101 cm³/mol. The number of nitrogens with zero attached hydrogens (tertiary/aromatic N) is 1. The first kappa shape index (κ1) is 20.4. The van der Waals surface area contributed by atoms with E-state index >= 15 is 0 Å². The molecule has 0 aliphatic carbocycles. The van der Waals surface area contributed by atoms with Crippen LogP contribution in [0, 0.1) is 0 Å². The van der Waals surface area contributed by atoms with Crippen LogP contribution in [0.25, 0.3) is 0 Å². The number of carbonyl (C=O) groups is 3. The van der Waals surface area contributed by atoms with Gasteiger partial charge in [-0.2, -0.15) is 0 Å². The molecule has 3 N–H and O–H groups in total. The van der Waals surface area contributed by atoms with Crippen molar-refractivity contribution in [2.45, 2.75) is 32.8 Å². The van der Waals surface area contributed by atoms with Crippen molar-refractivity contribution < 1.29 is 23.9 Å². The zero-order valence-corrected chi connectivity index (χ0v) is 15.9. The third-order valence-corrected chi connectivity index (χ3v) is 4.25. The molecule has 9 heteroatoms. The van der Waals surface area contributed by atoms with E-state index in [-0.39, 0.29) is 18.0 Å². The van der Waals surface area contributed by atoms with E-state index in [2.05, 4.69) is 10.3 Å². The minimum Gasteiger partial charge on any atom is -0.466 e. The van der Waals surface area contributed by atoms with Gasteiger partial charge in [0, 0.05) is 11.1 Å². The highest BCUT2D eigenvalue weighted by atomic mass is 32.1. The molecule has 1 heterocycles. The van der Waals surface area contributed by atoms with Crippen molar-refractivity contribution in [1.29, 1.82) is 0 Å². The standard InChI is InChI=1S/C18H21N3O5S/c1-3-14(26-17(24)11-6-5-7-12(19)8-11)16(23)21-18-20-13(10-27-18)9-15(22)25-4-2/h5-8,10,14H,3-4,9,19H2,1-2H3,(H,20,21,23). The fourth-order valence-electron chi connectivity index (χ4n) is 2.18. The molecule has 0 aliphatic heterocycles. The summed E-state index contributed by atoms with van der Waals surface area (Å²) in [4.78, 5) is 40.2. The van der Waals surface area contributed by atoms with Gasteiger partial charge in [0.05, 0.1) is 24.3 Å². The Kier molecular flexibility index (Phi) is 7.30. The molecule has 144 valence electrons. The third kappa shape index (κ3) is 6.07. The Morgan fingerprint density at radius 3 is 2.74 bits per heavy atom. The number of carbonyl (C=O) groups excluding carboxylic acids is 3. The fraction of sp³-hybridized carbons (Fsp3) is 0.333. The van der Waals surface area contributed by atoms with E-state index in [1.54, 1.807) is 37.4 Å². The Bertz CT molecular complexity index is 821. The van der Waals surface area contributed by atoms with E-state index < -0.39 is 18.0 Å². The Morgan fingerprint density at radius 1 is 1.30 bits per heavy atom. The molecule has 0 fully saturated rings. The molecule has 27 heavy (non-hydrogen) atoms. The van der Waals surface area contributed by atoms with Crippen LogP contribution in [0.15, 0.2) is 29.6 Å². The molecule has 1 atom stereocenters. The van der Waals surface area contributed by atoms with Crippen LogP contribution in [-0.2, 0) is 25.5 Å². The molecule has 8 nitrogen and oxygen atoms in total. The first-order valence-electron chi connectivity index (χ1n) is 8.40. The summed E-state index contributed by atoms with van der Waals surface area (Å²) < 4.78 is 10.1. The number of anilines is 2. The molecule has 0 aliphatic rings. The fourth-order valence-corrected chi connectivity index (χ4v) is 2.89. The number of rotatable bonds is 8. The molecule has 2 rings (SSSR count). The van der Waals surface area contributed by atoms with E-state index in [1.165, 1.54) is 17.4 Å². The zero-order chi connectivity index (χ0) is 19.8. The van der Waals surface area contributed by atoms with Crippen LogP contribution in [0.2, 0.25) is 0 Å². The van der Waals surface area contributed by atoms with E-state index in [4.69, 9.17) is 15.2 Å². The third-order valence-electron chi connectivity index (χ3n) is 3.45. The maximum absolute atomic E-state index is 12.4. The van der Waals surface area contributed by atoms with Gasteiger partial charge in [-0.15, -0.1) is 11.3 Å². The van der Waals surface area contributed by atoms with Crippen molar-refractivity contribution in [3.05, 3.63) is 40.9 Å². The number of esters is 2. The number of hydrogen-bond donors (Lipinski definition) is 2. The first-order chi connectivity index (χ1) is 12.9. The van der Waals surface area contributed by atoms with Gasteiger partial charge in [0.2, 0.25) is 0 Å². The van der Waals surface area contributed by atoms with Gasteiger partial charge in [-0.1, -0.05) is 13.0 Å². The summed E-state index contributed by atoms with van der Waals surface area (Å²) in [6.07, 6.45) is -0.653. The number of nitrogen functional groups attached to an aromatic ring is 1. The second kappa shape index (κ2) is 9.67. The van der Waals surface area contributed by atoms with Crippen LogP contribution in [-0.4, -0.2) is 35.5 Å². The second-order valence-corrected chi connectivity index (χ2v) is 6.40. The minimum atomic E-state index is -0.976. The van der Waals surface area contributed by atoms with Crippen molar-refractivity contribution >= 4 is 40.0 Å². The molecule has 1 unspecified atom stereocenters. The summed E-state index contributed by atoms with van der Waals surface area (Å²) in [6, 6.07) is 6.33. The quantitative estimate of drug-likeness (QED) is 0.523. The van der Waals surface area contributed by atoms with Crippen LogP contribution in [0.5, 0.6) is 0 Å². The first-order valence-corrected chi connectivity index (χ1v) is 9.28. The molecule has 0 radical (unpaired) electrons. The van der Waals surface area contributed by atoms with E-state index in [1.807, 2.05) is 0 Å². The average Bonchev–Trinajstić information content (AvgIpc) is 3.06. The molecule has 1 amide bonds. The number of aromatic nitrogens is 1. The molecular formula is C18H21N3O5S. The van der Waals surface area contributed by atoms with Gasteiger partial charge in [-0.05, 0) is 31.5 Å². The summed E-state index contributed by atoms with van der Waals surface area (Å²) in [6.45, 7) is 3.74. The molecule has 2 aromatic rings. The van der Waals surface area contributed by atoms with E-state index in [9.17, 15) is 14.4 Å². The van der Waals surface area contributed by atoms with Crippen LogP contribution in [0.3, 0.4) is 0 Å². The van der Waals surface area contributed by atoms with Crippen LogP contribution in [0.4, 0.5) is 10.8 Å². The van der Waals surface area contributed by atoms with E-state index in [0.717, 1.165) is 0 Å². The van der Waals surface area contributed by atoms with E-state index in [0.29, 0.717) is 29.5 Å². The van der Waals surface area contributed by atoms with Crippen molar-refractivity contribution in [3.8, 4) is 0 Å². The van der Waals surface area contributed by atoms with Crippen molar-refractivity contribution in [1.82, 2.24) is 4.98 Å². The Hall–Kier alpha value is -2.94. The van der Waals surface area contributed by atoms with Gasteiger partial charge in [0.15, 0.2) is 11.2 Å². The lowest BCUT2D eigenvalue weighted by Crippen LogP contribution is -2.32.